The number of rotatable bonds is 3. The van der Waals surface area contributed by atoms with Gasteiger partial charge in [0.1, 0.15) is 5.75 Å². The maximum absolute atomic E-state index is 12.5. The first-order valence-corrected chi connectivity index (χ1v) is 7.38. The molecule has 0 spiro atoms. The summed E-state index contributed by atoms with van der Waals surface area (Å²) in [5, 5.41) is 8.83. The van der Waals surface area contributed by atoms with Gasteiger partial charge in [0.05, 0.1) is 36.9 Å². The van der Waals surface area contributed by atoms with E-state index in [1.807, 2.05) is 6.07 Å². The molecule has 0 saturated carbocycles. The van der Waals surface area contributed by atoms with Crippen molar-refractivity contribution in [1.29, 1.82) is 5.26 Å². The summed E-state index contributed by atoms with van der Waals surface area (Å²) in [6, 6.07) is 6.19. The Balaban J connectivity index is 2.33. The Morgan fingerprint density at radius 1 is 1.55 bits per heavy atom. The quantitative estimate of drug-likeness (QED) is 0.798. The van der Waals surface area contributed by atoms with Gasteiger partial charge in [-0.3, -0.25) is 0 Å². The third-order valence-electron chi connectivity index (χ3n) is 3.02. The lowest BCUT2D eigenvalue weighted by Crippen LogP contribution is -2.45. The van der Waals surface area contributed by atoms with Crippen LogP contribution in [0.4, 0.5) is 5.69 Å². The van der Waals surface area contributed by atoms with Crippen molar-refractivity contribution in [3.8, 4) is 11.8 Å². The number of anilines is 1. The Morgan fingerprint density at radius 3 is 2.95 bits per heavy atom. The second-order valence-electron chi connectivity index (χ2n) is 4.26. The van der Waals surface area contributed by atoms with Gasteiger partial charge in [0.15, 0.2) is 6.10 Å². The van der Waals surface area contributed by atoms with Crippen molar-refractivity contribution in [1.82, 2.24) is 4.31 Å². The Labute approximate surface area is 117 Å². The summed E-state index contributed by atoms with van der Waals surface area (Å²) in [6.45, 7) is 0.433. The van der Waals surface area contributed by atoms with Crippen LogP contribution in [0.3, 0.4) is 0 Å². The predicted octanol–water partition coefficient (Wildman–Crippen LogP) is 0.190. The Morgan fingerprint density at radius 2 is 2.30 bits per heavy atom. The molecular weight excluding hydrogens is 282 g/mol. The summed E-state index contributed by atoms with van der Waals surface area (Å²) in [4.78, 5) is 0.0853. The first-order valence-electron chi connectivity index (χ1n) is 5.94. The van der Waals surface area contributed by atoms with Crippen molar-refractivity contribution in [3.63, 3.8) is 0 Å². The van der Waals surface area contributed by atoms with E-state index < -0.39 is 16.1 Å². The molecule has 2 rings (SSSR count). The van der Waals surface area contributed by atoms with Crippen molar-refractivity contribution in [2.24, 2.45) is 0 Å². The molecular formula is C12H15N3O4S. The highest BCUT2D eigenvalue weighted by molar-refractivity contribution is 7.89. The molecule has 8 heteroatoms. The first kappa shape index (κ1) is 14.6. The number of nitrogens with zero attached hydrogens (tertiary/aromatic N) is 2. The summed E-state index contributed by atoms with van der Waals surface area (Å²) >= 11 is 0. The second-order valence-corrected chi connectivity index (χ2v) is 6.19. The number of morpholine rings is 1. The number of hydrogen-bond donors (Lipinski definition) is 1. The summed E-state index contributed by atoms with van der Waals surface area (Å²) in [6.07, 6.45) is -0.741. The summed E-state index contributed by atoms with van der Waals surface area (Å²) < 4.78 is 36.4. The second kappa shape index (κ2) is 5.66. The van der Waals surface area contributed by atoms with Crippen LogP contribution in [0.15, 0.2) is 23.1 Å². The van der Waals surface area contributed by atoms with Gasteiger partial charge in [-0.1, -0.05) is 0 Å². The molecule has 108 valence electrons. The van der Waals surface area contributed by atoms with Crippen molar-refractivity contribution in [2.45, 2.75) is 11.0 Å². The molecule has 0 aromatic heterocycles. The zero-order valence-corrected chi connectivity index (χ0v) is 11.8. The van der Waals surface area contributed by atoms with Crippen LogP contribution < -0.4 is 10.5 Å². The van der Waals surface area contributed by atoms with Gasteiger partial charge < -0.3 is 15.2 Å². The highest BCUT2D eigenvalue weighted by Gasteiger charge is 2.31. The van der Waals surface area contributed by atoms with Crippen molar-refractivity contribution in [2.75, 3.05) is 32.5 Å². The van der Waals surface area contributed by atoms with Crippen molar-refractivity contribution in [3.05, 3.63) is 18.2 Å². The highest BCUT2D eigenvalue weighted by Crippen LogP contribution is 2.27. The number of nitriles is 1. The van der Waals surface area contributed by atoms with Gasteiger partial charge in [0, 0.05) is 12.6 Å². The van der Waals surface area contributed by atoms with Gasteiger partial charge in [0.25, 0.3) is 0 Å². The van der Waals surface area contributed by atoms with E-state index in [1.54, 1.807) is 0 Å². The van der Waals surface area contributed by atoms with E-state index in [1.165, 1.54) is 29.6 Å². The van der Waals surface area contributed by atoms with Gasteiger partial charge in [-0.25, -0.2) is 8.42 Å². The molecule has 1 aromatic rings. The SMILES string of the molecule is COc1cc(S(=O)(=O)N2CCOC(C#N)C2)ccc1N. The average Bonchev–Trinajstić information content (AvgIpc) is 2.47. The van der Waals surface area contributed by atoms with Gasteiger partial charge in [0.2, 0.25) is 10.0 Å². The number of nitrogen functional groups attached to an aromatic ring is 1. The fourth-order valence-corrected chi connectivity index (χ4v) is 3.36. The molecule has 1 fully saturated rings. The highest BCUT2D eigenvalue weighted by atomic mass is 32.2. The van der Waals surface area contributed by atoms with Crippen molar-refractivity contribution < 1.29 is 17.9 Å². The fraction of sp³-hybridized carbons (Fsp3) is 0.417. The van der Waals surface area contributed by atoms with Crippen LogP contribution in [-0.4, -0.2) is 45.6 Å². The normalized spacial score (nSPS) is 20.3. The zero-order chi connectivity index (χ0) is 14.8. The van der Waals surface area contributed by atoms with Gasteiger partial charge in [-0.15, -0.1) is 0 Å². The maximum atomic E-state index is 12.5. The van der Waals surface area contributed by atoms with Crippen LogP contribution in [0.5, 0.6) is 5.75 Å². The topological polar surface area (TPSA) is 106 Å². The minimum absolute atomic E-state index is 0.0194. The average molecular weight is 297 g/mol. The van der Waals surface area contributed by atoms with Gasteiger partial charge in [-0.2, -0.15) is 9.57 Å². The standard InChI is InChI=1S/C12H15N3O4S/c1-18-12-6-10(2-3-11(12)14)20(16,17)15-4-5-19-9(7-13)8-15/h2-3,6,9H,4-5,8,14H2,1H3. The van der Waals surface area contributed by atoms with Crippen LogP contribution in [0, 0.1) is 11.3 Å². The third-order valence-corrected chi connectivity index (χ3v) is 4.88. The molecule has 20 heavy (non-hydrogen) atoms. The summed E-state index contributed by atoms with van der Waals surface area (Å²) in [7, 11) is -2.27. The largest absolute Gasteiger partial charge is 0.495 e. The molecule has 0 amide bonds. The lowest BCUT2D eigenvalue weighted by molar-refractivity contribution is 0.0311. The van der Waals surface area contributed by atoms with Crippen LogP contribution in [0.25, 0.3) is 0 Å². The molecule has 0 bridgehead atoms. The summed E-state index contributed by atoms with van der Waals surface area (Å²) in [5.74, 6) is 0.302. The van der Waals surface area contributed by atoms with Crippen LogP contribution in [0.1, 0.15) is 0 Å². The van der Waals surface area contributed by atoms with E-state index >= 15 is 0 Å². The van der Waals surface area contributed by atoms with E-state index in [0.29, 0.717) is 11.4 Å². The number of methoxy groups -OCH3 is 1. The zero-order valence-electron chi connectivity index (χ0n) is 10.9. The molecule has 1 aliphatic rings. The molecule has 1 unspecified atom stereocenters. The minimum atomic E-state index is -3.69. The fourth-order valence-electron chi connectivity index (χ4n) is 1.92. The smallest absolute Gasteiger partial charge is 0.243 e. The van der Waals surface area contributed by atoms with Crippen molar-refractivity contribution >= 4 is 15.7 Å². The molecule has 0 aliphatic carbocycles. The molecule has 1 heterocycles. The van der Waals surface area contributed by atoms with Gasteiger partial charge >= 0.3 is 0 Å². The van der Waals surface area contributed by atoms with Crippen LogP contribution in [0.2, 0.25) is 0 Å². The maximum Gasteiger partial charge on any atom is 0.243 e. The van der Waals surface area contributed by atoms with Crippen LogP contribution in [-0.2, 0) is 14.8 Å². The van der Waals surface area contributed by atoms with E-state index in [4.69, 9.17) is 20.5 Å². The summed E-state index contributed by atoms with van der Waals surface area (Å²) in [5.41, 5.74) is 6.03. The number of benzene rings is 1. The van der Waals surface area contributed by atoms with Gasteiger partial charge in [-0.05, 0) is 12.1 Å². The number of ether oxygens (including phenoxy) is 2. The number of nitrogens with two attached hydrogens (primary N) is 1. The molecule has 1 aromatic carbocycles. The van der Waals surface area contributed by atoms with E-state index in [9.17, 15) is 8.42 Å². The molecule has 2 N–H and O–H groups in total. The third kappa shape index (κ3) is 2.70. The van der Waals surface area contributed by atoms with Crippen LogP contribution >= 0.6 is 0 Å². The molecule has 7 nitrogen and oxygen atoms in total. The lowest BCUT2D eigenvalue weighted by atomic mass is 10.3. The number of hydrogen-bond acceptors (Lipinski definition) is 6. The Hall–Kier alpha value is -1.82. The number of sulfonamides is 1. The van der Waals surface area contributed by atoms with E-state index in [0.717, 1.165) is 0 Å². The first-order chi connectivity index (χ1) is 9.48. The monoisotopic (exact) mass is 297 g/mol. The molecule has 0 radical (unpaired) electrons. The molecule has 1 aliphatic heterocycles. The lowest BCUT2D eigenvalue weighted by Gasteiger charge is -2.29. The molecule has 1 saturated heterocycles. The predicted molar refractivity (Wildman–Crippen MR) is 71.5 cm³/mol. The Bertz CT molecular complexity index is 639. The Kier molecular flexibility index (Phi) is 4.13. The molecule has 1 atom stereocenters. The van der Waals surface area contributed by atoms with E-state index in [2.05, 4.69) is 0 Å². The minimum Gasteiger partial charge on any atom is -0.495 e. The van der Waals surface area contributed by atoms with E-state index in [-0.39, 0.29) is 24.6 Å².